The number of rotatable bonds is 6. The Morgan fingerprint density at radius 3 is 2.53 bits per heavy atom. The lowest BCUT2D eigenvalue weighted by molar-refractivity contribution is -0.122. The predicted molar refractivity (Wildman–Crippen MR) is 112 cm³/mol. The van der Waals surface area contributed by atoms with Gasteiger partial charge >= 0.3 is 0 Å². The lowest BCUT2D eigenvalue weighted by Crippen LogP contribution is -2.29. The Morgan fingerprint density at radius 1 is 1.23 bits per heavy atom. The molecule has 8 heteroatoms. The molecule has 1 aromatic carbocycles. The molecule has 0 aliphatic carbocycles. The van der Waals surface area contributed by atoms with E-state index in [2.05, 4.69) is 5.32 Å². The fourth-order valence-corrected chi connectivity index (χ4v) is 4.00. The molecule has 3 rings (SSSR count). The van der Waals surface area contributed by atoms with Gasteiger partial charge in [-0.3, -0.25) is 24.5 Å². The van der Waals surface area contributed by atoms with Gasteiger partial charge in [-0.25, -0.2) is 0 Å². The van der Waals surface area contributed by atoms with Crippen LogP contribution in [0.2, 0.25) is 0 Å². The first-order valence-corrected chi connectivity index (χ1v) is 9.79. The molecule has 0 radical (unpaired) electrons. The molecule has 1 aliphatic heterocycles. The van der Waals surface area contributed by atoms with E-state index in [1.807, 2.05) is 32.0 Å². The van der Waals surface area contributed by atoms with Gasteiger partial charge in [0.1, 0.15) is 11.3 Å². The van der Waals surface area contributed by atoms with E-state index in [1.54, 1.807) is 4.90 Å². The largest absolute Gasteiger partial charge is 0.444 e. The number of Topliss-reactive ketones (excluding diaryl/α,β-unsaturated/α-hetero) is 1. The number of benzene rings is 1. The third-order valence-electron chi connectivity index (χ3n) is 5.39. The van der Waals surface area contributed by atoms with E-state index < -0.39 is 17.7 Å². The third kappa shape index (κ3) is 3.72. The van der Waals surface area contributed by atoms with Crippen molar-refractivity contribution in [3.8, 4) is 0 Å². The number of primary amides is 1. The number of ketones is 1. The van der Waals surface area contributed by atoms with E-state index in [-0.39, 0.29) is 47.4 Å². The number of aryl methyl sites for hydroxylation is 3. The zero-order valence-corrected chi connectivity index (χ0v) is 17.5. The lowest BCUT2D eigenvalue weighted by atomic mass is 10.0. The first-order chi connectivity index (χ1) is 14.1. The van der Waals surface area contributed by atoms with Crippen LogP contribution in [0.4, 0.5) is 11.6 Å². The fraction of sp³-hybridized carbons (Fsp3) is 0.364. The molecule has 1 fully saturated rings. The highest BCUT2D eigenvalue weighted by atomic mass is 16.4. The second kappa shape index (κ2) is 8.14. The van der Waals surface area contributed by atoms with Crippen molar-refractivity contribution in [1.82, 2.24) is 0 Å². The van der Waals surface area contributed by atoms with Crippen LogP contribution in [0.3, 0.4) is 0 Å². The number of furan rings is 1. The van der Waals surface area contributed by atoms with Gasteiger partial charge in [0.15, 0.2) is 5.78 Å². The van der Waals surface area contributed by atoms with Crippen molar-refractivity contribution >= 4 is 35.1 Å². The first kappa shape index (κ1) is 21.3. The van der Waals surface area contributed by atoms with Gasteiger partial charge in [0.25, 0.3) is 5.91 Å². The molecule has 30 heavy (non-hydrogen) atoms. The minimum Gasteiger partial charge on any atom is -0.444 e. The fourth-order valence-electron chi connectivity index (χ4n) is 4.00. The number of hydrogen-bond acceptors (Lipinski definition) is 5. The second-order valence-electron chi connectivity index (χ2n) is 7.49. The van der Waals surface area contributed by atoms with Gasteiger partial charge in [0.2, 0.25) is 17.7 Å². The average molecular weight is 411 g/mol. The van der Waals surface area contributed by atoms with Crippen LogP contribution in [-0.4, -0.2) is 30.0 Å². The summed E-state index contributed by atoms with van der Waals surface area (Å²) in [5.74, 6) is -2.47. The maximum atomic E-state index is 12.9. The normalized spacial score (nSPS) is 16.1. The molecule has 1 aliphatic rings. The molecule has 3 amide bonds. The Labute approximate surface area is 174 Å². The summed E-state index contributed by atoms with van der Waals surface area (Å²) in [4.78, 5) is 50.9. The smallest absolute Gasteiger partial charge is 0.255 e. The van der Waals surface area contributed by atoms with Crippen LogP contribution in [-0.2, 0) is 16.0 Å². The van der Waals surface area contributed by atoms with Crippen molar-refractivity contribution in [1.29, 1.82) is 0 Å². The van der Waals surface area contributed by atoms with Gasteiger partial charge in [-0.15, -0.1) is 0 Å². The Balaban J connectivity index is 1.86. The molecule has 158 valence electrons. The molecule has 2 aromatic rings. The van der Waals surface area contributed by atoms with Crippen molar-refractivity contribution < 1.29 is 23.6 Å². The number of amides is 3. The predicted octanol–water partition coefficient (Wildman–Crippen LogP) is 2.75. The van der Waals surface area contributed by atoms with Gasteiger partial charge in [0, 0.05) is 18.7 Å². The van der Waals surface area contributed by atoms with Gasteiger partial charge in [-0.05, 0) is 38.3 Å². The zero-order chi connectivity index (χ0) is 22.2. The van der Waals surface area contributed by atoms with E-state index in [0.29, 0.717) is 0 Å². The molecule has 3 N–H and O–H groups in total. The zero-order valence-electron chi connectivity index (χ0n) is 17.5. The summed E-state index contributed by atoms with van der Waals surface area (Å²) >= 11 is 0. The summed E-state index contributed by atoms with van der Waals surface area (Å²) in [5.41, 5.74) is 8.14. The molecule has 0 saturated carbocycles. The summed E-state index contributed by atoms with van der Waals surface area (Å²) in [6.45, 7) is 6.97. The number of carbonyl (C=O) groups excluding carboxylic acids is 4. The van der Waals surface area contributed by atoms with Gasteiger partial charge in [-0.1, -0.05) is 25.1 Å². The maximum absolute atomic E-state index is 12.9. The monoisotopic (exact) mass is 411 g/mol. The van der Waals surface area contributed by atoms with Crippen molar-refractivity contribution in [2.45, 2.75) is 40.5 Å². The van der Waals surface area contributed by atoms with E-state index in [1.165, 1.54) is 13.8 Å². The van der Waals surface area contributed by atoms with E-state index in [4.69, 9.17) is 10.2 Å². The topological polar surface area (TPSA) is 123 Å². The first-order valence-electron chi connectivity index (χ1n) is 9.79. The van der Waals surface area contributed by atoms with E-state index in [0.717, 1.165) is 23.2 Å². The van der Waals surface area contributed by atoms with Gasteiger partial charge in [-0.2, -0.15) is 0 Å². The Kier molecular flexibility index (Phi) is 5.78. The number of anilines is 2. The van der Waals surface area contributed by atoms with Crippen molar-refractivity contribution in [2.24, 2.45) is 11.7 Å². The molecule has 1 atom stereocenters. The van der Waals surface area contributed by atoms with Crippen LogP contribution in [0.15, 0.2) is 22.6 Å². The summed E-state index contributed by atoms with van der Waals surface area (Å²) in [5, 5.41) is 2.55. The Bertz CT molecular complexity index is 1050. The standard InChI is InChI=1S/C22H25N3O5/c1-5-14-8-6-7-11(2)19(14)25-10-15(9-16(25)27)21(29)24-22-18(20(23)28)17(12(3)26)13(4)30-22/h6-8,15H,5,9-10H2,1-4H3,(H2,23,28)(H,24,29). The molecule has 1 unspecified atom stereocenters. The number of hydrogen-bond donors (Lipinski definition) is 2. The SMILES string of the molecule is CCc1cccc(C)c1N1CC(C(=O)Nc2oc(C)c(C(C)=O)c2C(N)=O)CC1=O. The average Bonchev–Trinajstić information content (AvgIpc) is 3.21. The highest BCUT2D eigenvalue weighted by Crippen LogP contribution is 2.33. The second-order valence-corrected chi connectivity index (χ2v) is 7.49. The Morgan fingerprint density at radius 2 is 1.93 bits per heavy atom. The maximum Gasteiger partial charge on any atom is 0.255 e. The minimum absolute atomic E-state index is 0.0362. The molecule has 0 spiro atoms. The van der Waals surface area contributed by atoms with E-state index >= 15 is 0 Å². The van der Waals surface area contributed by atoms with Crippen molar-refractivity contribution in [3.05, 3.63) is 46.2 Å². The minimum atomic E-state index is -0.871. The summed E-state index contributed by atoms with van der Waals surface area (Å²) in [7, 11) is 0. The number of carbonyl (C=O) groups is 4. The number of nitrogens with one attached hydrogen (secondary N) is 1. The van der Waals surface area contributed by atoms with Crippen molar-refractivity contribution in [3.63, 3.8) is 0 Å². The molecular formula is C22H25N3O5. The third-order valence-corrected chi connectivity index (χ3v) is 5.39. The van der Waals surface area contributed by atoms with Crippen LogP contribution < -0.4 is 16.0 Å². The van der Waals surface area contributed by atoms with Crippen LogP contribution in [0, 0.1) is 19.8 Å². The van der Waals surface area contributed by atoms with Crippen LogP contribution in [0.5, 0.6) is 0 Å². The molecule has 2 heterocycles. The molecular weight excluding hydrogens is 386 g/mol. The quantitative estimate of drug-likeness (QED) is 0.708. The lowest BCUT2D eigenvalue weighted by Gasteiger charge is -2.22. The van der Waals surface area contributed by atoms with Crippen LogP contribution in [0.1, 0.15) is 57.9 Å². The molecule has 0 bridgehead atoms. The highest BCUT2D eigenvalue weighted by molar-refractivity contribution is 6.12. The number of nitrogens with zero attached hydrogens (tertiary/aromatic N) is 1. The van der Waals surface area contributed by atoms with E-state index in [9.17, 15) is 19.2 Å². The summed E-state index contributed by atoms with van der Waals surface area (Å²) in [6, 6.07) is 5.85. The van der Waals surface area contributed by atoms with Gasteiger partial charge < -0.3 is 15.1 Å². The summed E-state index contributed by atoms with van der Waals surface area (Å²) < 4.78 is 5.44. The highest BCUT2D eigenvalue weighted by Gasteiger charge is 2.37. The Hall–Kier alpha value is -3.42. The molecule has 1 aromatic heterocycles. The van der Waals surface area contributed by atoms with Crippen LogP contribution >= 0.6 is 0 Å². The number of nitrogens with two attached hydrogens (primary N) is 1. The van der Waals surface area contributed by atoms with Crippen LogP contribution in [0.25, 0.3) is 0 Å². The van der Waals surface area contributed by atoms with Gasteiger partial charge in [0.05, 0.1) is 11.5 Å². The van der Waals surface area contributed by atoms with Crippen molar-refractivity contribution in [2.75, 3.05) is 16.8 Å². The molecule has 1 saturated heterocycles. The summed E-state index contributed by atoms with van der Waals surface area (Å²) in [6.07, 6.45) is 0.799. The molecule has 8 nitrogen and oxygen atoms in total. The number of para-hydroxylation sites is 1.